The fourth-order valence-corrected chi connectivity index (χ4v) is 2.20. The molecule has 1 N–H and O–H groups in total. The Morgan fingerprint density at radius 2 is 2.11 bits per heavy atom. The lowest BCUT2D eigenvalue weighted by atomic mass is 10.1. The third-order valence-corrected chi connectivity index (χ3v) is 3.25. The number of hydrogen-bond donors (Lipinski definition) is 1. The normalized spacial score (nSPS) is 18.9. The number of nitro benzene ring substituents is 1. The van der Waals surface area contributed by atoms with Gasteiger partial charge in [-0.1, -0.05) is 13.3 Å². The number of carbonyl (C=O) groups excluding carboxylic acids is 1. The predicted octanol–water partition coefficient (Wildman–Crippen LogP) is 1.83. The molecule has 1 aliphatic rings. The quantitative estimate of drug-likeness (QED) is 0.649. The van der Waals surface area contributed by atoms with Crippen LogP contribution in [-0.4, -0.2) is 28.8 Å². The van der Waals surface area contributed by atoms with Crippen LogP contribution in [0.15, 0.2) is 24.3 Å². The number of nitrogens with zero attached hydrogens (tertiary/aromatic N) is 2. The smallest absolute Gasteiger partial charge is 0.269 e. The second-order valence-corrected chi connectivity index (χ2v) is 4.57. The first-order valence-electron chi connectivity index (χ1n) is 6.40. The van der Waals surface area contributed by atoms with Crippen LogP contribution in [-0.2, 0) is 4.79 Å². The minimum Gasteiger partial charge on any atom is -0.322 e. The summed E-state index contributed by atoms with van der Waals surface area (Å²) in [4.78, 5) is 23.8. The molecule has 1 aliphatic heterocycles. The first-order valence-corrected chi connectivity index (χ1v) is 6.40. The van der Waals surface area contributed by atoms with Gasteiger partial charge < -0.3 is 4.90 Å². The molecule has 102 valence electrons. The standard InChI is InChI=1S/C13H17N3O3/c1-2-3-8-15-12(17)9-14-13(15)10-4-6-11(7-5-10)16(18)19/h4-7,13-14H,2-3,8-9H2,1H3. The summed E-state index contributed by atoms with van der Waals surface area (Å²) in [6.45, 7) is 3.12. The lowest BCUT2D eigenvalue weighted by molar-refractivity contribution is -0.384. The van der Waals surface area contributed by atoms with Gasteiger partial charge in [-0.2, -0.15) is 0 Å². The van der Waals surface area contributed by atoms with Crippen molar-refractivity contribution in [3.8, 4) is 0 Å². The number of rotatable bonds is 5. The molecule has 1 heterocycles. The first kappa shape index (κ1) is 13.5. The van der Waals surface area contributed by atoms with E-state index in [0.717, 1.165) is 18.4 Å². The maximum Gasteiger partial charge on any atom is 0.269 e. The summed E-state index contributed by atoms with van der Waals surface area (Å²) < 4.78 is 0. The van der Waals surface area contributed by atoms with Crippen LogP contribution in [0.5, 0.6) is 0 Å². The Balaban J connectivity index is 2.15. The average molecular weight is 263 g/mol. The molecule has 1 unspecified atom stereocenters. The van der Waals surface area contributed by atoms with Crippen LogP contribution >= 0.6 is 0 Å². The van der Waals surface area contributed by atoms with Crippen molar-refractivity contribution in [2.45, 2.75) is 25.9 Å². The van der Waals surface area contributed by atoms with Crippen molar-refractivity contribution in [3.05, 3.63) is 39.9 Å². The highest BCUT2D eigenvalue weighted by Gasteiger charge is 2.30. The Morgan fingerprint density at radius 1 is 1.42 bits per heavy atom. The summed E-state index contributed by atoms with van der Waals surface area (Å²) in [6.07, 6.45) is 1.81. The monoisotopic (exact) mass is 263 g/mol. The van der Waals surface area contributed by atoms with E-state index in [0.29, 0.717) is 13.1 Å². The van der Waals surface area contributed by atoms with Gasteiger partial charge in [0, 0.05) is 18.7 Å². The fourth-order valence-electron chi connectivity index (χ4n) is 2.20. The Bertz CT molecular complexity index is 473. The SMILES string of the molecule is CCCCN1C(=O)CNC1c1ccc([N+](=O)[O-])cc1. The van der Waals surface area contributed by atoms with Gasteiger partial charge in [0.2, 0.25) is 5.91 Å². The number of nitro groups is 1. The molecular formula is C13H17N3O3. The van der Waals surface area contributed by atoms with E-state index in [1.54, 1.807) is 17.0 Å². The molecule has 0 radical (unpaired) electrons. The highest BCUT2D eigenvalue weighted by molar-refractivity contribution is 5.80. The number of carbonyl (C=O) groups is 1. The second kappa shape index (κ2) is 5.79. The molecule has 1 aromatic carbocycles. The number of unbranched alkanes of at least 4 members (excludes halogenated alkanes) is 1. The van der Waals surface area contributed by atoms with E-state index in [4.69, 9.17) is 0 Å². The lowest BCUT2D eigenvalue weighted by Crippen LogP contribution is -2.31. The van der Waals surface area contributed by atoms with Gasteiger partial charge in [-0.05, 0) is 24.1 Å². The van der Waals surface area contributed by atoms with Crippen LogP contribution in [0.4, 0.5) is 5.69 Å². The zero-order valence-corrected chi connectivity index (χ0v) is 10.8. The molecule has 0 spiro atoms. The number of non-ortho nitro benzene ring substituents is 1. The van der Waals surface area contributed by atoms with Crippen LogP contribution in [0.2, 0.25) is 0 Å². The maximum absolute atomic E-state index is 11.8. The minimum atomic E-state index is -0.425. The summed E-state index contributed by atoms with van der Waals surface area (Å²) in [5.74, 6) is 0.0804. The van der Waals surface area contributed by atoms with E-state index < -0.39 is 4.92 Å². The van der Waals surface area contributed by atoms with E-state index in [1.807, 2.05) is 0 Å². The topological polar surface area (TPSA) is 75.5 Å². The molecular weight excluding hydrogens is 246 g/mol. The van der Waals surface area contributed by atoms with E-state index in [-0.39, 0.29) is 17.8 Å². The van der Waals surface area contributed by atoms with Crippen molar-refractivity contribution in [1.29, 1.82) is 0 Å². The molecule has 1 atom stereocenters. The first-order chi connectivity index (χ1) is 9.13. The Kier molecular flexibility index (Phi) is 4.11. The molecule has 1 amide bonds. The highest BCUT2D eigenvalue weighted by Crippen LogP contribution is 2.24. The Hall–Kier alpha value is -1.95. The summed E-state index contributed by atoms with van der Waals surface area (Å²) in [5, 5.41) is 13.8. The number of benzene rings is 1. The van der Waals surface area contributed by atoms with Gasteiger partial charge in [-0.15, -0.1) is 0 Å². The lowest BCUT2D eigenvalue weighted by Gasteiger charge is -2.24. The van der Waals surface area contributed by atoms with Crippen molar-refractivity contribution in [2.75, 3.05) is 13.1 Å². The van der Waals surface area contributed by atoms with E-state index in [2.05, 4.69) is 12.2 Å². The highest BCUT2D eigenvalue weighted by atomic mass is 16.6. The summed E-state index contributed by atoms with van der Waals surface area (Å²) in [7, 11) is 0. The van der Waals surface area contributed by atoms with Crippen molar-refractivity contribution in [1.82, 2.24) is 10.2 Å². The summed E-state index contributed by atoms with van der Waals surface area (Å²) in [6, 6.07) is 6.34. The summed E-state index contributed by atoms with van der Waals surface area (Å²) >= 11 is 0. The van der Waals surface area contributed by atoms with E-state index >= 15 is 0 Å². The molecule has 19 heavy (non-hydrogen) atoms. The van der Waals surface area contributed by atoms with Crippen molar-refractivity contribution < 1.29 is 9.72 Å². The molecule has 2 rings (SSSR count). The van der Waals surface area contributed by atoms with Crippen LogP contribution in [0.3, 0.4) is 0 Å². The van der Waals surface area contributed by atoms with Gasteiger partial charge in [0.25, 0.3) is 5.69 Å². The van der Waals surface area contributed by atoms with Crippen LogP contribution in [0, 0.1) is 10.1 Å². The van der Waals surface area contributed by atoms with E-state index in [9.17, 15) is 14.9 Å². The van der Waals surface area contributed by atoms with Crippen LogP contribution < -0.4 is 5.32 Å². The van der Waals surface area contributed by atoms with Gasteiger partial charge >= 0.3 is 0 Å². The average Bonchev–Trinajstić information content (AvgIpc) is 2.78. The van der Waals surface area contributed by atoms with Gasteiger partial charge in [-0.3, -0.25) is 20.2 Å². The molecule has 0 aromatic heterocycles. The predicted molar refractivity (Wildman–Crippen MR) is 70.5 cm³/mol. The van der Waals surface area contributed by atoms with Gasteiger partial charge in [0.15, 0.2) is 0 Å². The van der Waals surface area contributed by atoms with Crippen LogP contribution in [0.25, 0.3) is 0 Å². The van der Waals surface area contributed by atoms with Crippen LogP contribution in [0.1, 0.15) is 31.5 Å². The second-order valence-electron chi connectivity index (χ2n) is 4.57. The third kappa shape index (κ3) is 2.90. The molecule has 1 fully saturated rings. The Morgan fingerprint density at radius 3 is 2.68 bits per heavy atom. The van der Waals surface area contributed by atoms with Crippen molar-refractivity contribution in [3.63, 3.8) is 0 Å². The number of hydrogen-bond acceptors (Lipinski definition) is 4. The van der Waals surface area contributed by atoms with Crippen molar-refractivity contribution in [2.24, 2.45) is 0 Å². The third-order valence-electron chi connectivity index (χ3n) is 3.25. The number of nitrogens with one attached hydrogen (secondary N) is 1. The number of amides is 1. The Labute approximate surface area is 111 Å². The van der Waals surface area contributed by atoms with Gasteiger partial charge in [-0.25, -0.2) is 0 Å². The van der Waals surface area contributed by atoms with Crippen molar-refractivity contribution >= 4 is 11.6 Å². The zero-order chi connectivity index (χ0) is 13.8. The molecule has 0 saturated carbocycles. The van der Waals surface area contributed by atoms with Gasteiger partial charge in [0.1, 0.15) is 6.17 Å². The van der Waals surface area contributed by atoms with Gasteiger partial charge in [0.05, 0.1) is 11.5 Å². The molecule has 0 aliphatic carbocycles. The molecule has 0 bridgehead atoms. The molecule has 1 aromatic rings. The van der Waals surface area contributed by atoms with E-state index in [1.165, 1.54) is 12.1 Å². The fraction of sp³-hybridized carbons (Fsp3) is 0.462. The largest absolute Gasteiger partial charge is 0.322 e. The maximum atomic E-state index is 11.8. The zero-order valence-electron chi connectivity index (χ0n) is 10.8. The molecule has 6 heteroatoms. The molecule has 6 nitrogen and oxygen atoms in total. The minimum absolute atomic E-state index is 0.0631. The summed E-state index contributed by atoms with van der Waals surface area (Å²) in [5.41, 5.74) is 0.945. The molecule has 1 saturated heterocycles.